The Morgan fingerprint density at radius 2 is 2.24 bits per heavy atom. The van der Waals surface area contributed by atoms with Gasteiger partial charge in [-0.1, -0.05) is 18.2 Å². The van der Waals surface area contributed by atoms with Gasteiger partial charge in [0.1, 0.15) is 0 Å². The normalized spacial score (nSPS) is 10.9. The van der Waals surface area contributed by atoms with E-state index in [-0.39, 0.29) is 5.91 Å². The largest absolute Gasteiger partial charge is 0.361 e. The molecule has 0 unspecified atom stereocenters. The van der Waals surface area contributed by atoms with Crippen LogP contribution >= 0.6 is 11.3 Å². The van der Waals surface area contributed by atoms with E-state index in [1.54, 1.807) is 16.8 Å². The van der Waals surface area contributed by atoms with Crippen LogP contribution in [0, 0.1) is 0 Å². The lowest BCUT2D eigenvalue weighted by Gasteiger charge is -2.03. The number of fused-ring (bicyclic) bond motifs is 1. The first-order chi connectivity index (χ1) is 10.3. The zero-order valence-corrected chi connectivity index (χ0v) is 12.5. The van der Waals surface area contributed by atoms with Crippen molar-refractivity contribution in [2.24, 2.45) is 0 Å². The minimum atomic E-state index is 0.0860. The van der Waals surface area contributed by atoms with E-state index in [0.717, 1.165) is 24.1 Å². The van der Waals surface area contributed by atoms with Crippen LogP contribution in [0.3, 0.4) is 0 Å². The number of aromatic nitrogens is 2. The Morgan fingerprint density at radius 3 is 3.10 bits per heavy atom. The fraction of sp³-hybridized carbons (Fsp3) is 0.250. The predicted octanol–water partition coefficient (Wildman–Crippen LogP) is 3.26. The molecule has 0 saturated heterocycles. The number of rotatable bonds is 6. The van der Waals surface area contributed by atoms with Crippen LogP contribution in [0.25, 0.3) is 10.9 Å². The molecule has 3 rings (SSSR count). The minimum absolute atomic E-state index is 0.0860. The SMILES string of the molecule is O=C(CCCc1c[nH]c2ccccc12)NCc1cscn1. The highest BCUT2D eigenvalue weighted by molar-refractivity contribution is 7.07. The van der Waals surface area contributed by atoms with Crippen molar-refractivity contribution >= 4 is 28.1 Å². The number of hydrogen-bond donors (Lipinski definition) is 2. The molecule has 21 heavy (non-hydrogen) atoms. The van der Waals surface area contributed by atoms with E-state index in [2.05, 4.69) is 27.4 Å². The Bertz CT molecular complexity index is 718. The third kappa shape index (κ3) is 3.49. The molecule has 0 fully saturated rings. The van der Waals surface area contributed by atoms with Gasteiger partial charge in [-0.15, -0.1) is 11.3 Å². The minimum Gasteiger partial charge on any atom is -0.361 e. The third-order valence-electron chi connectivity index (χ3n) is 3.48. The lowest BCUT2D eigenvalue weighted by Crippen LogP contribution is -2.22. The van der Waals surface area contributed by atoms with Gasteiger partial charge in [0.25, 0.3) is 0 Å². The van der Waals surface area contributed by atoms with Crippen molar-refractivity contribution in [2.45, 2.75) is 25.8 Å². The number of para-hydroxylation sites is 1. The lowest BCUT2D eigenvalue weighted by atomic mass is 10.1. The number of amides is 1. The van der Waals surface area contributed by atoms with Crippen molar-refractivity contribution in [2.75, 3.05) is 0 Å². The van der Waals surface area contributed by atoms with E-state index < -0.39 is 0 Å². The maximum atomic E-state index is 11.8. The second-order valence-electron chi connectivity index (χ2n) is 4.97. The Kier molecular flexibility index (Phi) is 4.31. The van der Waals surface area contributed by atoms with Crippen LogP contribution in [0.1, 0.15) is 24.1 Å². The van der Waals surface area contributed by atoms with E-state index >= 15 is 0 Å². The van der Waals surface area contributed by atoms with Gasteiger partial charge in [0.05, 0.1) is 17.7 Å². The zero-order valence-electron chi connectivity index (χ0n) is 11.6. The summed E-state index contributed by atoms with van der Waals surface area (Å²) in [7, 11) is 0. The maximum Gasteiger partial charge on any atom is 0.220 e. The molecule has 0 aliphatic rings. The average molecular weight is 299 g/mol. The highest BCUT2D eigenvalue weighted by Gasteiger charge is 2.05. The second-order valence-corrected chi connectivity index (χ2v) is 5.69. The molecule has 1 amide bonds. The van der Waals surface area contributed by atoms with E-state index in [1.165, 1.54) is 10.9 Å². The van der Waals surface area contributed by atoms with Crippen molar-refractivity contribution in [3.63, 3.8) is 0 Å². The van der Waals surface area contributed by atoms with Crippen LogP contribution in [0.4, 0.5) is 0 Å². The molecule has 4 nitrogen and oxygen atoms in total. The van der Waals surface area contributed by atoms with E-state index in [0.29, 0.717) is 13.0 Å². The monoisotopic (exact) mass is 299 g/mol. The molecule has 0 aliphatic carbocycles. The summed E-state index contributed by atoms with van der Waals surface area (Å²) in [6, 6.07) is 8.25. The van der Waals surface area contributed by atoms with Crippen molar-refractivity contribution < 1.29 is 4.79 Å². The standard InChI is InChI=1S/C16H17N3OS/c20-16(18-9-13-10-21-11-19-13)7-3-4-12-8-17-15-6-2-1-5-14(12)15/h1-2,5-6,8,10-11,17H,3-4,7,9H2,(H,18,20). The van der Waals surface area contributed by atoms with Gasteiger partial charge in [-0.05, 0) is 24.5 Å². The molecule has 0 spiro atoms. The van der Waals surface area contributed by atoms with Gasteiger partial charge in [0.15, 0.2) is 0 Å². The maximum absolute atomic E-state index is 11.8. The first-order valence-corrected chi connectivity index (χ1v) is 7.96. The summed E-state index contributed by atoms with van der Waals surface area (Å²) in [5.41, 5.74) is 5.13. The summed E-state index contributed by atoms with van der Waals surface area (Å²) < 4.78 is 0. The average Bonchev–Trinajstić information content (AvgIpc) is 3.15. The summed E-state index contributed by atoms with van der Waals surface area (Å²) in [4.78, 5) is 19.2. The molecule has 108 valence electrons. The first kappa shape index (κ1) is 13.8. The van der Waals surface area contributed by atoms with Gasteiger partial charge in [0.2, 0.25) is 5.91 Å². The number of carbonyl (C=O) groups is 1. The summed E-state index contributed by atoms with van der Waals surface area (Å²) in [6.45, 7) is 0.523. The number of thiazole rings is 1. The zero-order chi connectivity index (χ0) is 14.5. The predicted molar refractivity (Wildman–Crippen MR) is 85.2 cm³/mol. The van der Waals surface area contributed by atoms with Crippen LogP contribution < -0.4 is 5.32 Å². The quantitative estimate of drug-likeness (QED) is 0.734. The number of H-pyrrole nitrogens is 1. The van der Waals surface area contributed by atoms with E-state index in [4.69, 9.17) is 0 Å². The topological polar surface area (TPSA) is 57.8 Å². The fourth-order valence-corrected chi connectivity index (χ4v) is 2.94. The molecular formula is C16H17N3OS. The van der Waals surface area contributed by atoms with Gasteiger partial charge < -0.3 is 10.3 Å². The Balaban J connectivity index is 1.46. The Morgan fingerprint density at radius 1 is 1.33 bits per heavy atom. The molecule has 0 radical (unpaired) electrons. The molecule has 0 bridgehead atoms. The van der Waals surface area contributed by atoms with Crippen LogP contribution in [0.5, 0.6) is 0 Å². The van der Waals surface area contributed by atoms with Gasteiger partial charge in [0, 0.05) is 28.9 Å². The van der Waals surface area contributed by atoms with Gasteiger partial charge in [-0.25, -0.2) is 4.98 Å². The molecule has 3 aromatic rings. The second kappa shape index (κ2) is 6.54. The molecule has 2 heterocycles. The molecule has 0 saturated carbocycles. The van der Waals surface area contributed by atoms with Gasteiger partial charge in [-0.2, -0.15) is 0 Å². The summed E-state index contributed by atoms with van der Waals surface area (Å²) in [5.74, 6) is 0.0860. The van der Waals surface area contributed by atoms with Gasteiger partial charge >= 0.3 is 0 Å². The number of nitrogens with one attached hydrogen (secondary N) is 2. The van der Waals surface area contributed by atoms with Crippen molar-refractivity contribution in [1.29, 1.82) is 0 Å². The fourth-order valence-electron chi connectivity index (χ4n) is 2.38. The third-order valence-corrected chi connectivity index (χ3v) is 4.11. The molecule has 0 atom stereocenters. The number of hydrogen-bond acceptors (Lipinski definition) is 3. The van der Waals surface area contributed by atoms with Crippen molar-refractivity contribution in [1.82, 2.24) is 15.3 Å². The van der Waals surface area contributed by atoms with Crippen molar-refractivity contribution in [3.8, 4) is 0 Å². The van der Waals surface area contributed by atoms with Crippen LogP contribution in [0.2, 0.25) is 0 Å². The Labute approximate surface area is 127 Å². The van der Waals surface area contributed by atoms with Gasteiger partial charge in [-0.3, -0.25) is 4.79 Å². The molecule has 1 aromatic carbocycles. The highest BCUT2D eigenvalue weighted by atomic mass is 32.1. The lowest BCUT2D eigenvalue weighted by molar-refractivity contribution is -0.121. The highest BCUT2D eigenvalue weighted by Crippen LogP contribution is 2.19. The van der Waals surface area contributed by atoms with Crippen molar-refractivity contribution in [3.05, 3.63) is 52.6 Å². The molecule has 0 aliphatic heterocycles. The number of nitrogens with zero attached hydrogens (tertiary/aromatic N) is 1. The summed E-state index contributed by atoms with van der Waals surface area (Å²) >= 11 is 1.54. The number of aryl methyl sites for hydroxylation is 1. The Hall–Kier alpha value is -2.14. The number of carbonyl (C=O) groups excluding carboxylic acids is 1. The van der Waals surface area contributed by atoms with E-state index in [9.17, 15) is 4.79 Å². The first-order valence-electron chi connectivity index (χ1n) is 7.01. The smallest absolute Gasteiger partial charge is 0.220 e. The van der Waals surface area contributed by atoms with Crippen LogP contribution in [-0.2, 0) is 17.8 Å². The van der Waals surface area contributed by atoms with Crippen LogP contribution in [-0.4, -0.2) is 15.9 Å². The molecule has 2 N–H and O–H groups in total. The molecular weight excluding hydrogens is 282 g/mol. The van der Waals surface area contributed by atoms with E-state index in [1.807, 2.05) is 23.7 Å². The summed E-state index contributed by atoms with van der Waals surface area (Å²) in [6.07, 6.45) is 4.35. The summed E-state index contributed by atoms with van der Waals surface area (Å²) in [5, 5.41) is 6.10. The number of aromatic amines is 1. The number of benzene rings is 1. The van der Waals surface area contributed by atoms with Crippen LogP contribution in [0.15, 0.2) is 41.4 Å². The molecule has 5 heteroatoms. The molecule has 2 aromatic heterocycles.